The van der Waals surface area contributed by atoms with Crippen molar-refractivity contribution in [3.8, 4) is 0 Å². The van der Waals surface area contributed by atoms with Crippen LogP contribution in [-0.2, 0) is 9.59 Å². The summed E-state index contributed by atoms with van der Waals surface area (Å²) < 4.78 is 0. The molecule has 0 aromatic carbocycles. The van der Waals surface area contributed by atoms with Gasteiger partial charge in [0, 0.05) is 36.7 Å². The van der Waals surface area contributed by atoms with Gasteiger partial charge < -0.3 is 5.11 Å². The van der Waals surface area contributed by atoms with Gasteiger partial charge in [0.2, 0.25) is 0 Å². The molecule has 0 spiro atoms. The molecule has 23 heavy (non-hydrogen) atoms. The highest BCUT2D eigenvalue weighted by molar-refractivity contribution is 5.87. The van der Waals surface area contributed by atoms with Crippen molar-refractivity contribution in [3.05, 3.63) is 0 Å². The molecule has 3 heteroatoms. The summed E-state index contributed by atoms with van der Waals surface area (Å²) in [5.41, 5.74) is -0.221. The van der Waals surface area contributed by atoms with E-state index >= 15 is 0 Å². The monoisotopic (exact) mass is 318 g/mol. The number of Topliss-reactive ketones (excluding diaryl/α,β-unsaturated/α-hetero) is 2. The number of fused-ring (bicyclic) bond motifs is 5. The number of carbonyl (C=O) groups is 2. The summed E-state index contributed by atoms with van der Waals surface area (Å²) in [4.78, 5) is 24.5. The van der Waals surface area contributed by atoms with Gasteiger partial charge in [-0.05, 0) is 61.7 Å². The SMILES string of the molecule is C[C@@]12CC[C@@H]3[C@H]4CCC(=O)[C@]4(C)CC[C@@H]3[C@]1(CO)CCC(=O)C2. The molecule has 0 saturated heterocycles. The Hall–Kier alpha value is -0.700. The molecule has 4 saturated carbocycles. The zero-order valence-electron chi connectivity index (χ0n) is 14.6. The van der Waals surface area contributed by atoms with Crippen LogP contribution in [0.5, 0.6) is 0 Å². The number of aliphatic hydroxyl groups excluding tert-OH is 1. The van der Waals surface area contributed by atoms with Crippen LogP contribution in [0.25, 0.3) is 0 Å². The Labute approximate surface area is 139 Å². The molecule has 0 heterocycles. The number of ketones is 2. The van der Waals surface area contributed by atoms with Gasteiger partial charge in [-0.2, -0.15) is 0 Å². The summed E-state index contributed by atoms with van der Waals surface area (Å²) >= 11 is 0. The van der Waals surface area contributed by atoms with E-state index in [1.807, 2.05) is 0 Å². The van der Waals surface area contributed by atoms with E-state index in [2.05, 4.69) is 13.8 Å². The highest BCUT2D eigenvalue weighted by atomic mass is 16.3. The van der Waals surface area contributed by atoms with Crippen LogP contribution in [0.15, 0.2) is 0 Å². The Kier molecular flexibility index (Phi) is 3.37. The van der Waals surface area contributed by atoms with Crippen LogP contribution in [0.2, 0.25) is 0 Å². The van der Waals surface area contributed by atoms with Gasteiger partial charge in [-0.15, -0.1) is 0 Å². The van der Waals surface area contributed by atoms with Gasteiger partial charge in [0.15, 0.2) is 0 Å². The summed E-state index contributed by atoms with van der Waals surface area (Å²) in [5.74, 6) is 2.45. The van der Waals surface area contributed by atoms with Gasteiger partial charge in [-0.1, -0.05) is 13.8 Å². The standard InChI is InChI=1S/C20H30O3/c1-18-8-6-14-15-3-4-17(23)19(15,2)9-7-16(14)20(18,12-21)10-5-13(22)11-18/h14-16,21H,3-12H2,1-2H3/t14-,15-,16+,18+,19-,20-/m1/s1. The third-order valence-electron chi connectivity index (χ3n) is 8.81. The summed E-state index contributed by atoms with van der Waals surface area (Å²) in [7, 11) is 0. The minimum Gasteiger partial charge on any atom is -0.396 e. The Morgan fingerprint density at radius 1 is 1.00 bits per heavy atom. The summed E-state index contributed by atoms with van der Waals surface area (Å²) in [6.07, 6.45) is 8.19. The van der Waals surface area contributed by atoms with Crippen molar-refractivity contribution in [1.82, 2.24) is 0 Å². The molecule has 0 bridgehead atoms. The Balaban J connectivity index is 1.72. The summed E-state index contributed by atoms with van der Waals surface area (Å²) in [6.45, 7) is 4.67. The first-order valence-corrected chi connectivity index (χ1v) is 9.52. The highest BCUT2D eigenvalue weighted by Crippen LogP contribution is 2.68. The molecule has 0 amide bonds. The third-order valence-corrected chi connectivity index (χ3v) is 8.81. The van der Waals surface area contributed by atoms with Crippen molar-refractivity contribution < 1.29 is 14.7 Å². The molecular formula is C20H30O3. The van der Waals surface area contributed by atoms with Crippen LogP contribution in [0, 0.1) is 34.0 Å². The maximum Gasteiger partial charge on any atom is 0.139 e. The lowest BCUT2D eigenvalue weighted by Gasteiger charge is -2.64. The Morgan fingerprint density at radius 2 is 1.78 bits per heavy atom. The lowest BCUT2D eigenvalue weighted by Crippen LogP contribution is -2.60. The molecule has 0 radical (unpaired) electrons. The predicted octanol–water partition coefficient (Wildman–Crippen LogP) is 3.53. The maximum atomic E-state index is 12.4. The average molecular weight is 318 g/mol. The van der Waals surface area contributed by atoms with Crippen molar-refractivity contribution in [3.63, 3.8) is 0 Å². The second-order valence-corrected chi connectivity index (χ2v) is 9.42. The molecule has 4 rings (SSSR count). The first-order valence-electron chi connectivity index (χ1n) is 9.52. The van der Waals surface area contributed by atoms with Crippen molar-refractivity contribution in [2.45, 2.75) is 71.6 Å². The van der Waals surface area contributed by atoms with Crippen LogP contribution in [0.3, 0.4) is 0 Å². The molecule has 4 aliphatic rings. The number of aliphatic hydroxyl groups is 1. The fourth-order valence-corrected chi connectivity index (χ4v) is 7.35. The smallest absolute Gasteiger partial charge is 0.139 e. The van der Waals surface area contributed by atoms with Crippen molar-refractivity contribution >= 4 is 11.6 Å². The minimum atomic E-state index is -0.101. The molecule has 0 aliphatic heterocycles. The van der Waals surface area contributed by atoms with Crippen LogP contribution >= 0.6 is 0 Å². The molecule has 0 unspecified atom stereocenters. The van der Waals surface area contributed by atoms with Crippen LogP contribution in [0.4, 0.5) is 0 Å². The predicted molar refractivity (Wildman–Crippen MR) is 87.8 cm³/mol. The number of hydrogen-bond donors (Lipinski definition) is 1. The van der Waals surface area contributed by atoms with Gasteiger partial charge >= 0.3 is 0 Å². The first-order chi connectivity index (χ1) is 10.9. The molecule has 6 atom stereocenters. The lowest BCUT2D eigenvalue weighted by molar-refractivity contribution is -0.181. The van der Waals surface area contributed by atoms with Gasteiger partial charge in [-0.3, -0.25) is 9.59 Å². The van der Waals surface area contributed by atoms with E-state index in [0.717, 1.165) is 44.9 Å². The second-order valence-electron chi connectivity index (χ2n) is 9.42. The van der Waals surface area contributed by atoms with Crippen molar-refractivity contribution in [1.29, 1.82) is 0 Å². The van der Waals surface area contributed by atoms with Crippen molar-refractivity contribution in [2.24, 2.45) is 34.0 Å². The zero-order chi connectivity index (χ0) is 16.5. The van der Waals surface area contributed by atoms with E-state index in [4.69, 9.17) is 0 Å². The summed E-state index contributed by atoms with van der Waals surface area (Å²) in [6, 6.07) is 0. The molecule has 0 aromatic heterocycles. The van der Waals surface area contributed by atoms with Gasteiger partial charge in [-0.25, -0.2) is 0 Å². The Bertz CT molecular complexity index is 555. The molecule has 3 nitrogen and oxygen atoms in total. The van der Waals surface area contributed by atoms with E-state index in [9.17, 15) is 14.7 Å². The third kappa shape index (κ3) is 1.86. The van der Waals surface area contributed by atoms with Gasteiger partial charge in [0.05, 0.1) is 0 Å². The normalized spacial score (nSPS) is 52.7. The average Bonchev–Trinajstić information content (AvgIpc) is 2.82. The molecule has 0 aromatic rings. The highest BCUT2D eigenvalue weighted by Gasteiger charge is 2.64. The quantitative estimate of drug-likeness (QED) is 0.804. The van der Waals surface area contributed by atoms with Crippen LogP contribution < -0.4 is 0 Å². The molecule has 4 aliphatic carbocycles. The van der Waals surface area contributed by atoms with Gasteiger partial charge in [0.1, 0.15) is 11.6 Å². The van der Waals surface area contributed by atoms with E-state index in [1.165, 1.54) is 0 Å². The number of rotatable bonds is 1. The fourth-order valence-electron chi connectivity index (χ4n) is 7.35. The number of hydrogen-bond acceptors (Lipinski definition) is 3. The van der Waals surface area contributed by atoms with Crippen LogP contribution in [0.1, 0.15) is 71.6 Å². The lowest BCUT2D eigenvalue weighted by atomic mass is 9.40. The minimum absolute atomic E-state index is 0.0331. The molecule has 128 valence electrons. The summed E-state index contributed by atoms with van der Waals surface area (Å²) in [5, 5.41) is 10.4. The van der Waals surface area contributed by atoms with E-state index in [-0.39, 0.29) is 22.9 Å². The molecule has 1 N–H and O–H groups in total. The number of carbonyl (C=O) groups excluding carboxylic acids is 2. The van der Waals surface area contributed by atoms with Crippen LogP contribution in [-0.4, -0.2) is 23.3 Å². The van der Waals surface area contributed by atoms with Gasteiger partial charge in [0.25, 0.3) is 0 Å². The molecule has 4 fully saturated rings. The van der Waals surface area contributed by atoms with E-state index in [1.54, 1.807) is 0 Å². The van der Waals surface area contributed by atoms with E-state index < -0.39 is 0 Å². The largest absolute Gasteiger partial charge is 0.396 e. The topological polar surface area (TPSA) is 54.4 Å². The second kappa shape index (κ2) is 4.91. The zero-order valence-corrected chi connectivity index (χ0v) is 14.6. The maximum absolute atomic E-state index is 12.4. The van der Waals surface area contributed by atoms with E-state index in [0.29, 0.717) is 42.2 Å². The molecular weight excluding hydrogens is 288 g/mol. The Morgan fingerprint density at radius 3 is 2.52 bits per heavy atom. The van der Waals surface area contributed by atoms with Crippen molar-refractivity contribution in [2.75, 3.05) is 6.61 Å². The first kappa shape index (κ1) is 15.8. The fraction of sp³-hybridized carbons (Fsp3) is 0.900.